The standard InChI is InChI=1S/C15H18O4S/c1-2-18-15(17)14(16)11-4-3-5-13(10-11)19-12-6-8-20-9-7-12/h3-5,10,12H,2,6-9H2,1H3. The van der Waals surface area contributed by atoms with Crippen LogP contribution in [-0.2, 0) is 9.53 Å². The molecule has 0 unspecified atom stereocenters. The van der Waals surface area contributed by atoms with Crippen LogP contribution in [0, 0.1) is 0 Å². The first kappa shape index (κ1) is 14.9. The third-order valence-corrected chi connectivity index (χ3v) is 4.08. The molecule has 0 N–H and O–H groups in total. The summed E-state index contributed by atoms with van der Waals surface area (Å²) in [6.07, 6.45) is 2.23. The molecule has 1 saturated heterocycles. The number of carbonyl (C=O) groups is 2. The first-order valence-corrected chi connectivity index (χ1v) is 7.92. The van der Waals surface area contributed by atoms with Gasteiger partial charge in [-0.3, -0.25) is 4.79 Å². The van der Waals surface area contributed by atoms with Crippen molar-refractivity contribution in [2.45, 2.75) is 25.9 Å². The second kappa shape index (κ2) is 7.33. The summed E-state index contributed by atoms with van der Waals surface area (Å²) in [7, 11) is 0. The number of benzene rings is 1. The van der Waals surface area contributed by atoms with Gasteiger partial charge in [-0.2, -0.15) is 11.8 Å². The Morgan fingerprint density at radius 3 is 2.75 bits per heavy atom. The SMILES string of the molecule is CCOC(=O)C(=O)c1cccc(OC2CCSCC2)c1. The van der Waals surface area contributed by atoms with Crippen molar-refractivity contribution in [1.82, 2.24) is 0 Å². The van der Waals surface area contributed by atoms with Crippen molar-refractivity contribution in [3.05, 3.63) is 29.8 Å². The van der Waals surface area contributed by atoms with E-state index in [1.807, 2.05) is 17.8 Å². The summed E-state index contributed by atoms with van der Waals surface area (Å²) in [6, 6.07) is 6.74. The van der Waals surface area contributed by atoms with E-state index in [2.05, 4.69) is 0 Å². The van der Waals surface area contributed by atoms with Crippen molar-refractivity contribution >= 4 is 23.5 Å². The van der Waals surface area contributed by atoms with Crippen LogP contribution >= 0.6 is 11.8 Å². The van der Waals surface area contributed by atoms with Gasteiger partial charge in [0, 0.05) is 5.56 Å². The number of ether oxygens (including phenoxy) is 2. The average Bonchev–Trinajstić information content (AvgIpc) is 2.48. The molecule has 0 aromatic heterocycles. The molecule has 1 aliphatic heterocycles. The second-order valence-electron chi connectivity index (χ2n) is 4.51. The predicted octanol–water partition coefficient (Wildman–Crippen LogP) is 2.71. The van der Waals surface area contributed by atoms with Crippen LogP contribution in [0.15, 0.2) is 24.3 Å². The Labute approximate surface area is 122 Å². The van der Waals surface area contributed by atoms with E-state index in [-0.39, 0.29) is 12.7 Å². The molecule has 0 radical (unpaired) electrons. The number of esters is 1. The fourth-order valence-electron chi connectivity index (χ4n) is 2.01. The summed E-state index contributed by atoms with van der Waals surface area (Å²) in [6.45, 7) is 1.87. The number of thioether (sulfide) groups is 1. The lowest BCUT2D eigenvalue weighted by atomic mass is 10.1. The molecule has 5 heteroatoms. The van der Waals surface area contributed by atoms with Crippen LogP contribution in [0.3, 0.4) is 0 Å². The Morgan fingerprint density at radius 1 is 1.30 bits per heavy atom. The van der Waals surface area contributed by atoms with Crippen molar-refractivity contribution in [1.29, 1.82) is 0 Å². The molecule has 0 saturated carbocycles. The van der Waals surface area contributed by atoms with Gasteiger partial charge in [0.05, 0.1) is 6.61 Å². The van der Waals surface area contributed by atoms with E-state index in [0.717, 1.165) is 24.3 Å². The maximum Gasteiger partial charge on any atom is 0.379 e. The normalized spacial score (nSPS) is 15.7. The van der Waals surface area contributed by atoms with Gasteiger partial charge in [0.25, 0.3) is 5.78 Å². The topological polar surface area (TPSA) is 52.6 Å². The number of ketones is 1. The highest BCUT2D eigenvalue weighted by Gasteiger charge is 2.19. The molecule has 0 spiro atoms. The summed E-state index contributed by atoms with van der Waals surface area (Å²) < 4.78 is 10.6. The van der Waals surface area contributed by atoms with Gasteiger partial charge in [0.2, 0.25) is 0 Å². The van der Waals surface area contributed by atoms with Gasteiger partial charge in [-0.05, 0) is 43.4 Å². The van der Waals surface area contributed by atoms with Gasteiger partial charge in [-0.1, -0.05) is 12.1 Å². The number of hydrogen-bond donors (Lipinski definition) is 0. The van der Waals surface area contributed by atoms with Crippen LogP contribution in [0.1, 0.15) is 30.1 Å². The zero-order chi connectivity index (χ0) is 14.4. The molecule has 4 nitrogen and oxygen atoms in total. The van der Waals surface area contributed by atoms with Crippen LogP contribution in [0.4, 0.5) is 0 Å². The van der Waals surface area contributed by atoms with Crippen molar-refractivity contribution in [3.63, 3.8) is 0 Å². The van der Waals surface area contributed by atoms with Crippen molar-refractivity contribution < 1.29 is 19.1 Å². The summed E-state index contributed by atoms with van der Waals surface area (Å²) in [5.74, 6) is 1.39. The first-order chi connectivity index (χ1) is 9.70. The predicted molar refractivity (Wildman–Crippen MR) is 78.4 cm³/mol. The van der Waals surface area contributed by atoms with Gasteiger partial charge >= 0.3 is 5.97 Å². The van der Waals surface area contributed by atoms with Crippen LogP contribution in [0.2, 0.25) is 0 Å². The largest absolute Gasteiger partial charge is 0.490 e. The Bertz CT molecular complexity index is 481. The summed E-state index contributed by atoms with van der Waals surface area (Å²) in [5.41, 5.74) is 0.311. The fourth-order valence-corrected chi connectivity index (χ4v) is 3.07. The second-order valence-corrected chi connectivity index (χ2v) is 5.73. The minimum absolute atomic E-state index is 0.195. The number of Topliss-reactive ketones (excluding diaryl/α,β-unsaturated/α-hetero) is 1. The molecule has 0 atom stereocenters. The minimum Gasteiger partial charge on any atom is -0.490 e. The number of rotatable bonds is 5. The van der Waals surface area contributed by atoms with Crippen LogP contribution < -0.4 is 4.74 Å². The number of carbonyl (C=O) groups excluding carboxylic acids is 2. The van der Waals surface area contributed by atoms with Gasteiger partial charge in [0.15, 0.2) is 0 Å². The van der Waals surface area contributed by atoms with Gasteiger partial charge in [-0.15, -0.1) is 0 Å². The molecule has 1 aromatic rings. The maximum absolute atomic E-state index is 11.8. The quantitative estimate of drug-likeness (QED) is 0.475. The highest BCUT2D eigenvalue weighted by molar-refractivity contribution is 7.99. The van der Waals surface area contributed by atoms with E-state index in [1.54, 1.807) is 25.1 Å². The van der Waals surface area contributed by atoms with Crippen molar-refractivity contribution in [2.24, 2.45) is 0 Å². The summed E-state index contributed by atoms with van der Waals surface area (Å²) >= 11 is 1.93. The van der Waals surface area contributed by atoms with Crippen LogP contribution in [0.25, 0.3) is 0 Å². The first-order valence-electron chi connectivity index (χ1n) is 6.76. The Kier molecular flexibility index (Phi) is 5.47. The lowest BCUT2D eigenvalue weighted by molar-refractivity contribution is -0.137. The Morgan fingerprint density at radius 2 is 2.05 bits per heavy atom. The van der Waals surface area contributed by atoms with Gasteiger partial charge in [-0.25, -0.2) is 4.79 Å². The average molecular weight is 294 g/mol. The molecule has 2 rings (SSSR count). The molecule has 0 bridgehead atoms. The van der Waals surface area contributed by atoms with Crippen molar-refractivity contribution in [3.8, 4) is 5.75 Å². The van der Waals surface area contributed by atoms with Gasteiger partial charge < -0.3 is 9.47 Å². The Balaban J connectivity index is 2.03. The van der Waals surface area contributed by atoms with Crippen molar-refractivity contribution in [2.75, 3.05) is 18.1 Å². The van der Waals surface area contributed by atoms with Gasteiger partial charge in [0.1, 0.15) is 11.9 Å². The molecule has 1 fully saturated rings. The molecule has 108 valence electrons. The monoisotopic (exact) mass is 294 g/mol. The molecular formula is C15H18O4S. The maximum atomic E-state index is 11.8. The molecule has 0 aliphatic carbocycles. The zero-order valence-corrected chi connectivity index (χ0v) is 12.3. The fraction of sp³-hybridized carbons (Fsp3) is 0.467. The van der Waals surface area contributed by atoms with E-state index in [4.69, 9.17) is 9.47 Å². The summed E-state index contributed by atoms with van der Waals surface area (Å²) in [4.78, 5) is 23.3. The highest BCUT2D eigenvalue weighted by atomic mass is 32.2. The van der Waals surface area contributed by atoms with E-state index in [0.29, 0.717) is 11.3 Å². The third-order valence-electron chi connectivity index (χ3n) is 3.03. The number of hydrogen-bond acceptors (Lipinski definition) is 5. The zero-order valence-electron chi connectivity index (χ0n) is 11.5. The van der Waals surface area contributed by atoms with E-state index in [1.165, 1.54) is 0 Å². The molecule has 1 aromatic carbocycles. The Hall–Kier alpha value is -1.49. The van der Waals surface area contributed by atoms with Crippen LogP contribution in [0.5, 0.6) is 5.75 Å². The molecule has 20 heavy (non-hydrogen) atoms. The lowest BCUT2D eigenvalue weighted by Gasteiger charge is -2.22. The van der Waals surface area contributed by atoms with E-state index < -0.39 is 11.8 Å². The third kappa shape index (κ3) is 4.00. The van der Waals surface area contributed by atoms with Crippen LogP contribution in [-0.4, -0.2) is 36.0 Å². The molecule has 1 aliphatic rings. The smallest absolute Gasteiger partial charge is 0.379 e. The molecular weight excluding hydrogens is 276 g/mol. The van der Waals surface area contributed by atoms with E-state index >= 15 is 0 Å². The summed E-state index contributed by atoms with van der Waals surface area (Å²) in [5, 5.41) is 0. The molecule has 0 amide bonds. The molecule has 1 heterocycles. The highest BCUT2D eigenvalue weighted by Crippen LogP contribution is 2.23. The van der Waals surface area contributed by atoms with E-state index in [9.17, 15) is 9.59 Å². The lowest BCUT2D eigenvalue weighted by Crippen LogP contribution is -2.22. The minimum atomic E-state index is -0.821.